The molecule has 0 fully saturated rings. The second-order valence-corrected chi connectivity index (χ2v) is 4.14. The van der Waals surface area contributed by atoms with Crippen LogP contribution in [-0.2, 0) is 9.53 Å². The monoisotopic (exact) mass is 259 g/mol. The van der Waals surface area contributed by atoms with Gasteiger partial charge in [-0.15, -0.1) is 11.8 Å². The Morgan fingerprint density at radius 3 is 3.06 bits per heavy atom. The number of nitrogens with one attached hydrogen (secondary N) is 1. The summed E-state index contributed by atoms with van der Waals surface area (Å²) >= 11 is 1.16. The molecule has 0 saturated carbocycles. The van der Waals surface area contributed by atoms with E-state index in [1.807, 2.05) is 6.92 Å². The third-order valence-corrected chi connectivity index (χ3v) is 2.79. The fourth-order valence-corrected chi connectivity index (χ4v) is 1.83. The van der Waals surface area contributed by atoms with Crippen molar-refractivity contribution in [2.75, 3.05) is 24.7 Å². The van der Waals surface area contributed by atoms with Crippen molar-refractivity contribution in [3.63, 3.8) is 0 Å². The van der Waals surface area contributed by atoms with Gasteiger partial charge in [-0.25, -0.2) is 14.4 Å². The van der Waals surface area contributed by atoms with E-state index in [0.29, 0.717) is 18.2 Å². The van der Waals surface area contributed by atoms with Gasteiger partial charge >= 0.3 is 5.97 Å². The number of nitrogens with zero attached hydrogens (tertiary/aromatic N) is 2. The van der Waals surface area contributed by atoms with Crippen LogP contribution in [0.25, 0.3) is 0 Å². The molecule has 0 aliphatic heterocycles. The van der Waals surface area contributed by atoms with Gasteiger partial charge in [0, 0.05) is 12.3 Å². The van der Waals surface area contributed by atoms with Crippen LogP contribution >= 0.6 is 11.8 Å². The maximum atomic E-state index is 13.3. The first-order chi connectivity index (χ1) is 8.17. The highest BCUT2D eigenvalue weighted by Crippen LogP contribution is 2.20. The number of halogens is 1. The summed E-state index contributed by atoms with van der Waals surface area (Å²) in [6.45, 7) is 2.56. The standard InChI is InChI=1S/C10H14FN3O2S/c1-3-12-10-13-6-7(11)9(14-10)17-5-4-8(15)16-2/h6H,3-5H2,1-2H3,(H,12,13,14). The van der Waals surface area contributed by atoms with Crippen molar-refractivity contribution < 1.29 is 13.9 Å². The minimum atomic E-state index is -0.485. The lowest BCUT2D eigenvalue weighted by atomic mass is 10.5. The first-order valence-corrected chi connectivity index (χ1v) is 6.12. The van der Waals surface area contributed by atoms with Gasteiger partial charge in [0.1, 0.15) is 5.03 Å². The van der Waals surface area contributed by atoms with E-state index in [2.05, 4.69) is 20.0 Å². The quantitative estimate of drug-likeness (QED) is 0.476. The number of anilines is 1. The van der Waals surface area contributed by atoms with Crippen LogP contribution < -0.4 is 5.32 Å². The number of carbonyl (C=O) groups is 1. The summed E-state index contributed by atoms with van der Waals surface area (Å²) in [6, 6.07) is 0. The third kappa shape index (κ3) is 4.56. The number of methoxy groups -OCH3 is 1. The summed E-state index contributed by atoms with van der Waals surface area (Å²) in [5.41, 5.74) is 0. The van der Waals surface area contributed by atoms with E-state index in [1.54, 1.807) is 0 Å². The highest BCUT2D eigenvalue weighted by Gasteiger charge is 2.08. The molecule has 0 unspecified atom stereocenters. The summed E-state index contributed by atoms with van der Waals surface area (Å²) in [5.74, 6) is 0.00136. The van der Waals surface area contributed by atoms with Gasteiger partial charge in [0.25, 0.3) is 0 Å². The van der Waals surface area contributed by atoms with E-state index in [4.69, 9.17) is 0 Å². The highest BCUT2D eigenvalue weighted by molar-refractivity contribution is 7.99. The summed E-state index contributed by atoms with van der Waals surface area (Å²) in [4.78, 5) is 18.7. The SMILES string of the molecule is CCNc1ncc(F)c(SCCC(=O)OC)n1. The molecule has 0 amide bonds. The van der Waals surface area contributed by atoms with Gasteiger partial charge in [0.2, 0.25) is 5.95 Å². The number of ether oxygens (including phenoxy) is 1. The molecule has 7 heteroatoms. The minimum absolute atomic E-state index is 0.223. The van der Waals surface area contributed by atoms with Crippen LogP contribution in [0.3, 0.4) is 0 Å². The first-order valence-electron chi connectivity index (χ1n) is 5.13. The van der Waals surface area contributed by atoms with Crippen molar-refractivity contribution in [1.29, 1.82) is 0 Å². The Labute approximate surface area is 103 Å². The number of esters is 1. The van der Waals surface area contributed by atoms with Crippen molar-refractivity contribution in [3.8, 4) is 0 Å². The van der Waals surface area contributed by atoms with Gasteiger partial charge < -0.3 is 10.1 Å². The van der Waals surface area contributed by atoms with E-state index in [-0.39, 0.29) is 17.4 Å². The van der Waals surface area contributed by atoms with Gasteiger partial charge in [-0.3, -0.25) is 4.79 Å². The Bertz CT molecular complexity index is 390. The van der Waals surface area contributed by atoms with Gasteiger partial charge in [-0.05, 0) is 6.92 Å². The lowest BCUT2D eigenvalue weighted by Crippen LogP contribution is -2.05. The lowest BCUT2D eigenvalue weighted by molar-refractivity contribution is -0.140. The number of rotatable bonds is 6. The molecule has 1 N–H and O–H groups in total. The predicted octanol–water partition coefficient (Wildman–Crippen LogP) is 1.70. The van der Waals surface area contributed by atoms with E-state index in [0.717, 1.165) is 18.0 Å². The number of thioether (sulfide) groups is 1. The highest BCUT2D eigenvalue weighted by atomic mass is 32.2. The molecule has 0 radical (unpaired) electrons. The second kappa shape index (κ2) is 7.05. The molecule has 0 aromatic carbocycles. The fraction of sp³-hybridized carbons (Fsp3) is 0.500. The third-order valence-electron chi connectivity index (χ3n) is 1.82. The molecule has 1 aromatic rings. The number of hydrogen-bond donors (Lipinski definition) is 1. The Kier molecular flexibility index (Phi) is 5.68. The molecule has 17 heavy (non-hydrogen) atoms. The molecule has 5 nitrogen and oxygen atoms in total. The molecule has 94 valence electrons. The maximum Gasteiger partial charge on any atom is 0.306 e. The molecule has 0 spiro atoms. The molecule has 0 atom stereocenters. The van der Waals surface area contributed by atoms with Crippen molar-refractivity contribution in [2.24, 2.45) is 0 Å². The zero-order valence-corrected chi connectivity index (χ0v) is 10.5. The summed E-state index contributed by atoms with van der Waals surface area (Å²) < 4.78 is 17.8. The van der Waals surface area contributed by atoms with Crippen LogP contribution in [0, 0.1) is 5.82 Å². The molecule has 0 aliphatic rings. The minimum Gasteiger partial charge on any atom is -0.469 e. The van der Waals surface area contributed by atoms with Crippen LogP contribution in [0.5, 0.6) is 0 Å². The van der Waals surface area contributed by atoms with Crippen LogP contribution in [0.15, 0.2) is 11.2 Å². The molecule has 1 aromatic heterocycles. The molecule has 0 bridgehead atoms. The molecule has 0 saturated heterocycles. The maximum absolute atomic E-state index is 13.3. The number of carbonyl (C=O) groups excluding carboxylic acids is 1. The van der Waals surface area contributed by atoms with E-state index in [1.165, 1.54) is 7.11 Å². The van der Waals surface area contributed by atoms with Crippen molar-refractivity contribution in [1.82, 2.24) is 9.97 Å². The Morgan fingerprint density at radius 2 is 2.41 bits per heavy atom. The number of hydrogen-bond acceptors (Lipinski definition) is 6. The van der Waals surface area contributed by atoms with Crippen molar-refractivity contribution in [3.05, 3.63) is 12.0 Å². The Hall–Kier alpha value is -1.37. The van der Waals surface area contributed by atoms with Gasteiger partial charge in [0.15, 0.2) is 5.82 Å². The average Bonchev–Trinajstić information content (AvgIpc) is 2.33. The molecular weight excluding hydrogens is 245 g/mol. The smallest absolute Gasteiger partial charge is 0.306 e. The topological polar surface area (TPSA) is 64.1 Å². The zero-order valence-electron chi connectivity index (χ0n) is 9.70. The summed E-state index contributed by atoms with van der Waals surface area (Å²) in [6.07, 6.45) is 1.34. The first kappa shape index (κ1) is 13.7. The Morgan fingerprint density at radius 1 is 1.65 bits per heavy atom. The van der Waals surface area contributed by atoms with Crippen LogP contribution in [-0.4, -0.2) is 35.3 Å². The molecule has 1 heterocycles. The van der Waals surface area contributed by atoms with Crippen LogP contribution in [0.1, 0.15) is 13.3 Å². The predicted molar refractivity (Wildman–Crippen MR) is 63.5 cm³/mol. The van der Waals surface area contributed by atoms with Gasteiger partial charge in [-0.1, -0.05) is 0 Å². The van der Waals surface area contributed by atoms with E-state index >= 15 is 0 Å². The molecule has 0 aliphatic carbocycles. The largest absolute Gasteiger partial charge is 0.469 e. The van der Waals surface area contributed by atoms with Crippen molar-refractivity contribution >= 4 is 23.7 Å². The molecular formula is C10H14FN3O2S. The number of aromatic nitrogens is 2. The normalized spacial score (nSPS) is 10.1. The van der Waals surface area contributed by atoms with Crippen LogP contribution in [0.2, 0.25) is 0 Å². The Balaban J connectivity index is 2.56. The average molecular weight is 259 g/mol. The van der Waals surface area contributed by atoms with Gasteiger partial charge in [-0.2, -0.15) is 0 Å². The lowest BCUT2D eigenvalue weighted by Gasteiger charge is -2.05. The van der Waals surface area contributed by atoms with Crippen LogP contribution in [0.4, 0.5) is 10.3 Å². The fourth-order valence-electron chi connectivity index (χ4n) is 1.03. The van der Waals surface area contributed by atoms with E-state index in [9.17, 15) is 9.18 Å². The molecule has 1 rings (SSSR count). The van der Waals surface area contributed by atoms with Gasteiger partial charge in [0.05, 0.1) is 19.7 Å². The zero-order chi connectivity index (χ0) is 12.7. The summed E-state index contributed by atoms with van der Waals surface area (Å²) in [7, 11) is 1.32. The van der Waals surface area contributed by atoms with E-state index < -0.39 is 5.82 Å². The summed E-state index contributed by atoms with van der Waals surface area (Å²) in [5, 5.41) is 3.13. The van der Waals surface area contributed by atoms with Crippen molar-refractivity contribution in [2.45, 2.75) is 18.4 Å². The second-order valence-electron chi connectivity index (χ2n) is 3.05.